The second kappa shape index (κ2) is 6.24. The van der Waals surface area contributed by atoms with Crippen molar-refractivity contribution in [1.29, 1.82) is 0 Å². The highest BCUT2D eigenvalue weighted by molar-refractivity contribution is 7.89. The summed E-state index contributed by atoms with van der Waals surface area (Å²) >= 11 is 7.53. The fraction of sp³-hybridized carbons (Fsp3) is 0.231. The third kappa shape index (κ3) is 3.39. The molecule has 2 aromatic rings. The van der Waals surface area contributed by atoms with Gasteiger partial charge in [-0.1, -0.05) is 17.7 Å². The Balaban J connectivity index is 2.24. The van der Waals surface area contributed by atoms with Crippen LogP contribution in [0.2, 0.25) is 5.02 Å². The molecule has 0 saturated carbocycles. The van der Waals surface area contributed by atoms with E-state index in [0.29, 0.717) is 5.02 Å². The van der Waals surface area contributed by atoms with E-state index >= 15 is 0 Å². The van der Waals surface area contributed by atoms with Crippen molar-refractivity contribution >= 4 is 33.0 Å². The maximum absolute atomic E-state index is 12.3. The smallest absolute Gasteiger partial charge is 0.241 e. The molecule has 0 spiro atoms. The second-order valence-corrected chi connectivity index (χ2v) is 7.26. The quantitative estimate of drug-likeness (QED) is 0.885. The predicted octanol–water partition coefficient (Wildman–Crippen LogP) is 2.90. The summed E-state index contributed by atoms with van der Waals surface area (Å²) in [4.78, 5) is 0.141. The molecule has 0 aliphatic rings. The van der Waals surface area contributed by atoms with E-state index in [1.165, 1.54) is 23.5 Å². The minimum absolute atomic E-state index is 0.141. The molecule has 0 amide bonds. The van der Waals surface area contributed by atoms with E-state index in [0.717, 1.165) is 11.1 Å². The van der Waals surface area contributed by atoms with Crippen molar-refractivity contribution in [3.8, 4) is 0 Å². The molecule has 0 aliphatic heterocycles. The predicted molar refractivity (Wildman–Crippen MR) is 82.4 cm³/mol. The molecule has 1 aromatic carbocycles. The highest BCUT2D eigenvalue weighted by atomic mass is 35.5. The normalized spacial score (nSPS) is 13.3. The molecule has 7 heteroatoms. The lowest BCUT2D eigenvalue weighted by Crippen LogP contribution is -2.26. The Morgan fingerprint density at radius 3 is 2.70 bits per heavy atom. The molecule has 20 heavy (non-hydrogen) atoms. The highest BCUT2D eigenvalue weighted by Gasteiger charge is 2.19. The number of halogens is 1. The Morgan fingerprint density at radius 1 is 1.40 bits per heavy atom. The Hall–Kier alpha value is -0.920. The van der Waals surface area contributed by atoms with Gasteiger partial charge in [-0.2, -0.15) is 11.3 Å². The van der Waals surface area contributed by atoms with Gasteiger partial charge in [-0.15, -0.1) is 0 Å². The van der Waals surface area contributed by atoms with E-state index in [9.17, 15) is 8.42 Å². The summed E-state index contributed by atoms with van der Waals surface area (Å²) in [5.41, 5.74) is 7.16. The van der Waals surface area contributed by atoms with Crippen LogP contribution in [0.3, 0.4) is 0 Å². The van der Waals surface area contributed by atoms with Crippen LogP contribution in [0.25, 0.3) is 0 Å². The molecular formula is C13H15ClN2O2S2. The summed E-state index contributed by atoms with van der Waals surface area (Å²) < 4.78 is 27.2. The fourth-order valence-corrected chi connectivity index (χ4v) is 4.09. The minimum Gasteiger partial charge on any atom is -0.326 e. The molecule has 0 radical (unpaired) electrons. The number of hydrogen-bond acceptors (Lipinski definition) is 4. The summed E-state index contributed by atoms with van der Waals surface area (Å²) in [5.74, 6) is 0. The number of benzene rings is 1. The first-order valence-corrected chi connectivity index (χ1v) is 8.77. The van der Waals surface area contributed by atoms with Gasteiger partial charge >= 0.3 is 0 Å². The first kappa shape index (κ1) is 15.5. The lowest BCUT2D eigenvalue weighted by Gasteiger charge is -2.14. The van der Waals surface area contributed by atoms with Crippen molar-refractivity contribution in [2.45, 2.75) is 24.4 Å². The van der Waals surface area contributed by atoms with Crippen LogP contribution < -0.4 is 10.5 Å². The number of thiophene rings is 1. The zero-order valence-corrected chi connectivity index (χ0v) is 13.2. The van der Waals surface area contributed by atoms with Crippen LogP contribution in [0.1, 0.15) is 24.1 Å². The Morgan fingerprint density at radius 2 is 2.15 bits per heavy atom. The Bertz CT molecular complexity index is 684. The molecule has 0 fully saturated rings. The highest BCUT2D eigenvalue weighted by Crippen LogP contribution is 2.23. The largest absolute Gasteiger partial charge is 0.326 e. The molecule has 0 bridgehead atoms. The SMILES string of the molecule is CC(NS(=O)(=O)c1ccc(CN)c(Cl)c1)c1ccsc1. The van der Waals surface area contributed by atoms with E-state index in [1.54, 1.807) is 13.0 Å². The monoisotopic (exact) mass is 330 g/mol. The standard InChI is InChI=1S/C13H15ClN2O2S2/c1-9(11-4-5-19-8-11)16-20(17,18)12-3-2-10(7-15)13(14)6-12/h2-6,8-9,16H,7,15H2,1H3. The van der Waals surface area contributed by atoms with Crippen LogP contribution in [-0.4, -0.2) is 8.42 Å². The van der Waals surface area contributed by atoms with Crippen molar-refractivity contribution in [1.82, 2.24) is 4.72 Å². The zero-order valence-electron chi connectivity index (χ0n) is 10.8. The van der Waals surface area contributed by atoms with Gasteiger partial charge in [-0.05, 0) is 47.0 Å². The number of sulfonamides is 1. The number of rotatable bonds is 5. The molecular weight excluding hydrogens is 316 g/mol. The van der Waals surface area contributed by atoms with Gasteiger partial charge in [0, 0.05) is 17.6 Å². The van der Waals surface area contributed by atoms with E-state index in [2.05, 4.69) is 4.72 Å². The first-order chi connectivity index (χ1) is 9.44. The summed E-state index contributed by atoms with van der Waals surface area (Å²) in [5, 5.41) is 4.18. The van der Waals surface area contributed by atoms with Crippen LogP contribution in [0.15, 0.2) is 39.9 Å². The van der Waals surface area contributed by atoms with Gasteiger partial charge in [0.2, 0.25) is 10.0 Å². The van der Waals surface area contributed by atoms with Crippen LogP contribution in [0.5, 0.6) is 0 Å². The van der Waals surface area contributed by atoms with Gasteiger partial charge in [-0.3, -0.25) is 0 Å². The summed E-state index contributed by atoms with van der Waals surface area (Å²) in [6, 6.07) is 6.16. The van der Waals surface area contributed by atoms with Crippen molar-refractivity contribution < 1.29 is 8.42 Å². The molecule has 3 N–H and O–H groups in total. The van der Waals surface area contributed by atoms with Gasteiger partial charge in [0.05, 0.1) is 4.90 Å². The number of nitrogens with one attached hydrogen (secondary N) is 1. The second-order valence-electron chi connectivity index (χ2n) is 4.36. The van der Waals surface area contributed by atoms with Crippen molar-refractivity contribution in [2.24, 2.45) is 5.73 Å². The number of nitrogens with two attached hydrogens (primary N) is 1. The van der Waals surface area contributed by atoms with Crippen LogP contribution >= 0.6 is 22.9 Å². The molecule has 1 unspecified atom stereocenters. The third-order valence-corrected chi connectivity index (χ3v) is 5.52. The maximum atomic E-state index is 12.3. The molecule has 0 aliphatic carbocycles. The molecule has 108 valence electrons. The topological polar surface area (TPSA) is 72.2 Å². The van der Waals surface area contributed by atoms with Crippen LogP contribution in [0, 0.1) is 0 Å². The van der Waals surface area contributed by atoms with E-state index < -0.39 is 10.0 Å². The number of hydrogen-bond donors (Lipinski definition) is 2. The molecule has 0 saturated heterocycles. The molecule has 1 heterocycles. The first-order valence-electron chi connectivity index (χ1n) is 5.97. The van der Waals surface area contributed by atoms with E-state index in [4.69, 9.17) is 17.3 Å². The van der Waals surface area contributed by atoms with Gasteiger partial charge in [0.1, 0.15) is 0 Å². The maximum Gasteiger partial charge on any atom is 0.241 e. The van der Waals surface area contributed by atoms with E-state index in [1.807, 2.05) is 16.8 Å². The third-order valence-electron chi connectivity index (χ3n) is 2.93. The van der Waals surface area contributed by atoms with Crippen LogP contribution in [-0.2, 0) is 16.6 Å². The van der Waals surface area contributed by atoms with Crippen molar-refractivity contribution in [2.75, 3.05) is 0 Å². The Kier molecular flexibility index (Phi) is 4.82. The zero-order chi connectivity index (χ0) is 14.8. The van der Waals surface area contributed by atoms with Gasteiger partial charge in [-0.25, -0.2) is 13.1 Å². The van der Waals surface area contributed by atoms with Crippen LogP contribution in [0.4, 0.5) is 0 Å². The van der Waals surface area contributed by atoms with Gasteiger partial charge < -0.3 is 5.73 Å². The molecule has 1 aromatic heterocycles. The Labute approximate surface area is 127 Å². The lowest BCUT2D eigenvalue weighted by atomic mass is 10.2. The van der Waals surface area contributed by atoms with Crippen molar-refractivity contribution in [3.05, 3.63) is 51.2 Å². The minimum atomic E-state index is -3.60. The summed E-state index contributed by atoms with van der Waals surface area (Å²) in [7, 11) is -3.60. The average molecular weight is 331 g/mol. The van der Waals surface area contributed by atoms with Gasteiger partial charge in [0.15, 0.2) is 0 Å². The fourth-order valence-electron chi connectivity index (χ4n) is 1.75. The van der Waals surface area contributed by atoms with Crippen molar-refractivity contribution in [3.63, 3.8) is 0 Å². The van der Waals surface area contributed by atoms with Gasteiger partial charge in [0.25, 0.3) is 0 Å². The van der Waals surface area contributed by atoms with E-state index in [-0.39, 0.29) is 17.5 Å². The summed E-state index contributed by atoms with van der Waals surface area (Å²) in [6.45, 7) is 2.08. The summed E-state index contributed by atoms with van der Waals surface area (Å²) in [6.07, 6.45) is 0. The molecule has 1 atom stereocenters. The average Bonchev–Trinajstić information content (AvgIpc) is 2.92. The lowest BCUT2D eigenvalue weighted by molar-refractivity contribution is 0.567. The molecule has 2 rings (SSSR count). The molecule has 4 nitrogen and oxygen atoms in total.